The Morgan fingerprint density at radius 2 is 2.12 bits per heavy atom. The summed E-state index contributed by atoms with van der Waals surface area (Å²) in [4.78, 5) is 22.7. The summed E-state index contributed by atoms with van der Waals surface area (Å²) in [6, 6.07) is 1.74. The molecule has 24 heavy (non-hydrogen) atoms. The number of nitrogens with zero attached hydrogens (tertiary/aromatic N) is 3. The molecule has 6 nitrogen and oxygen atoms in total. The topological polar surface area (TPSA) is 71.3 Å². The molecule has 2 atom stereocenters. The monoisotopic (exact) mass is 330 g/mol. The van der Waals surface area contributed by atoms with Crippen molar-refractivity contribution in [2.45, 2.75) is 31.8 Å². The van der Waals surface area contributed by atoms with Gasteiger partial charge in [0, 0.05) is 23.8 Å². The van der Waals surface area contributed by atoms with E-state index in [1.165, 1.54) is 18.5 Å². The van der Waals surface area contributed by atoms with Crippen molar-refractivity contribution in [2.75, 3.05) is 13.1 Å². The molecule has 3 saturated heterocycles. The Morgan fingerprint density at radius 3 is 2.83 bits per heavy atom. The quantitative estimate of drug-likeness (QED) is 0.933. The minimum atomic E-state index is -0.462. The van der Waals surface area contributed by atoms with E-state index in [0.717, 1.165) is 32.1 Å². The van der Waals surface area contributed by atoms with Crippen molar-refractivity contribution in [3.05, 3.63) is 36.4 Å². The Bertz CT molecular complexity index is 753. The molecule has 1 amide bonds. The summed E-state index contributed by atoms with van der Waals surface area (Å²) in [6.07, 6.45) is 6.23. The number of amides is 1. The van der Waals surface area contributed by atoms with Gasteiger partial charge in [-0.3, -0.25) is 14.7 Å². The van der Waals surface area contributed by atoms with E-state index >= 15 is 0 Å². The lowest BCUT2D eigenvalue weighted by Gasteiger charge is -2.49. The molecule has 0 saturated carbocycles. The van der Waals surface area contributed by atoms with E-state index in [4.69, 9.17) is 4.42 Å². The highest BCUT2D eigenvalue weighted by Gasteiger charge is 2.40. The van der Waals surface area contributed by atoms with Crippen LogP contribution in [0, 0.1) is 11.7 Å². The van der Waals surface area contributed by atoms with Gasteiger partial charge in [-0.25, -0.2) is 9.37 Å². The third-order valence-electron chi connectivity index (χ3n) is 5.16. The zero-order valence-electron chi connectivity index (χ0n) is 13.4. The molecule has 126 valence electrons. The SMILES string of the molecule is C[C@H]1[C@H](NC(=O)c2ncc(-c3cncc(F)c3)o2)C2CCN1CC2. The lowest BCUT2D eigenvalue weighted by Crippen LogP contribution is -2.62. The molecule has 5 heterocycles. The molecular formula is C17H19FN4O2. The molecule has 0 radical (unpaired) electrons. The highest BCUT2D eigenvalue weighted by atomic mass is 19.1. The summed E-state index contributed by atoms with van der Waals surface area (Å²) in [5, 5.41) is 3.07. The number of hydrogen-bond acceptors (Lipinski definition) is 5. The largest absolute Gasteiger partial charge is 0.432 e. The molecule has 0 spiro atoms. The van der Waals surface area contributed by atoms with Crippen molar-refractivity contribution in [1.29, 1.82) is 0 Å². The molecule has 3 fully saturated rings. The molecule has 1 N–H and O–H groups in total. The van der Waals surface area contributed by atoms with Gasteiger partial charge in [0.2, 0.25) is 0 Å². The van der Waals surface area contributed by atoms with E-state index < -0.39 is 5.82 Å². The molecular weight excluding hydrogens is 311 g/mol. The van der Waals surface area contributed by atoms with Gasteiger partial charge in [-0.15, -0.1) is 0 Å². The van der Waals surface area contributed by atoms with Crippen molar-refractivity contribution in [3.8, 4) is 11.3 Å². The molecule has 2 bridgehead atoms. The Hall–Kier alpha value is -2.28. The Labute approximate surface area is 139 Å². The van der Waals surface area contributed by atoms with E-state index in [1.807, 2.05) is 0 Å². The molecule has 3 aliphatic heterocycles. The number of nitrogens with one attached hydrogen (secondary N) is 1. The highest BCUT2D eigenvalue weighted by molar-refractivity contribution is 5.90. The first-order valence-corrected chi connectivity index (χ1v) is 8.23. The first kappa shape index (κ1) is 15.3. The number of oxazole rings is 1. The third-order valence-corrected chi connectivity index (χ3v) is 5.16. The average molecular weight is 330 g/mol. The Kier molecular flexibility index (Phi) is 3.80. The predicted octanol–water partition coefficient (Wildman–Crippen LogP) is 2.09. The van der Waals surface area contributed by atoms with Crippen LogP contribution < -0.4 is 5.32 Å². The number of carbonyl (C=O) groups excluding carboxylic acids is 1. The number of piperidine rings is 3. The third kappa shape index (κ3) is 2.69. The van der Waals surface area contributed by atoms with Crippen LogP contribution in [0.4, 0.5) is 4.39 Å². The number of pyridine rings is 1. The van der Waals surface area contributed by atoms with Crippen molar-refractivity contribution < 1.29 is 13.6 Å². The molecule has 0 aromatic carbocycles. The molecule has 0 unspecified atom stereocenters. The van der Waals surface area contributed by atoms with Crippen LogP contribution in [0.25, 0.3) is 11.3 Å². The number of halogens is 1. The first-order chi connectivity index (χ1) is 11.6. The Morgan fingerprint density at radius 1 is 1.33 bits per heavy atom. The van der Waals surface area contributed by atoms with Crippen molar-refractivity contribution in [2.24, 2.45) is 5.92 Å². The zero-order chi connectivity index (χ0) is 16.7. The minimum absolute atomic E-state index is 0.00194. The summed E-state index contributed by atoms with van der Waals surface area (Å²) < 4.78 is 18.7. The van der Waals surface area contributed by atoms with Crippen LogP contribution in [0.1, 0.15) is 30.5 Å². The normalized spacial score (nSPS) is 28.8. The Balaban J connectivity index is 1.49. The van der Waals surface area contributed by atoms with Gasteiger partial charge < -0.3 is 9.73 Å². The maximum Gasteiger partial charge on any atom is 0.307 e. The van der Waals surface area contributed by atoms with E-state index in [1.54, 1.807) is 0 Å². The molecule has 0 aliphatic carbocycles. The lowest BCUT2D eigenvalue weighted by atomic mass is 9.79. The van der Waals surface area contributed by atoms with Crippen LogP contribution in [-0.4, -0.2) is 45.9 Å². The second-order valence-corrected chi connectivity index (χ2v) is 6.53. The molecule has 3 aliphatic rings. The van der Waals surface area contributed by atoms with Crippen molar-refractivity contribution >= 4 is 5.91 Å². The molecule has 5 rings (SSSR count). The van der Waals surface area contributed by atoms with Gasteiger partial charge >= 0.3 is 5.91 Å². The predicted molar refractivity (Wildman–Crippen MR) is 84.7 cm³/mol. The molecule has 2 aromatic rings. The number of carbonyl (C=O) groups is 1. The van der Waals surface area contributed by atoms with E-state index in [-0.39, 0.29) is 17.8 Å². The van der Waals surface area contributed by atoms with Crippen LogP contribution in [0.2, 0.25) is 0 Å². The van der Waals surface area contributed by atoms with Gasteiger partial charge in [-0.2, -0.15) is 0 Å². The highest BCUT2D eigenvalue weighted by Crippen LogP contribution is 2.32. The van der Waals surface area contributed by atoms with Crippen LogP contribution >= 0.6 is 0 Å². The van der Waals surface area contributed by atoms with Crippen molar-refractivity contribution in [1.82, 2.24) is 20.2 Å². The van der Waals surface area contributed by atoms with Gasteiger partial charge in [-0.1, -0.05) is 0 Å². The van der Waals surface area contributed by atoms with Gasteiger partial charge in [0.25, 0.3) is 5.89 Å². The number of rotatable bonds is 3. The van der Waals surface area contributed by atoms with Crippen LogP contribution in [0.3, 0.4) is 0 Å². The summed E-state index contributed by atoms with van der Waals surface area (Å²) in [6.45, 7) is 4.36. The molecule has 7 heteroatoms. The summed E-state index contributed by atoms with van der Waals surface area (Å²) in [5.41, 5.74) is 0.456. The standard InChI is InChI=1S/C17H19FN4O2/c1-10-15(11-2-4-22(10)5-3-11)21-16(23)17-20-9-14(24-17)12-6-13(18)8-19-7-12/h6-11,15H,2-5H2,1H3,(H,21,23)/t10-,15-/m0/s1. The van der Waals surface area contributed by atoms with Gasteiger partial charge in [0.1, 0.15) is 5.82 Å². The van der Waals surface area contributed by atoms with E-state index in [9.17, 15) is 9.18 Å². The maximum absolute atomic E-state index is 13.2. The van der Waals surface area contributed by atoms with Gasteiger partial charge in [0.15, 0.2) is 5.76 Å². The first-order valence-electron chi connectivity index (χ1n) is 8.23. The second-order valence-electron chi connectivity index (χ2n) is 6.53. The fourth-order valence-corrected chi connectivity index (χ4v) is 3.82. The smallest absolute Gasteiger partial charge is 0.307 e. The summed E-state index contributed by atoms with van der Waals surface area (Å²) in [7, 11) is 0. The number of fused-ring (bicyclic) bond motifs is 3. The number of hydrogen-bond donors (Lipinski definition) is 1. The molecule has 2 aromatic heterocycles. The average Bonchev–Trinajstić information content (AvgIpc) is 3.09. The van der Waals surface area contributed by atoms with Crippen molar-refractivity contribution in [3.63, 3.8) is 0 Å². The number of aromatic nitrogens is 2. The van der Waals surface area contributed by atoms with E-state index in [0.29, 0.717) is 23.3 Å². The lowest BCUT2D eigenvalue weighted by molar-refractivity contribution is 0.0210. The fraction of sp³-hybridized carbons (Fsp3) is 0.471. The maximum atomic E-state index is 13.2. The van der Waals surface area contributed by atoms with Crippen LogP contribution in [-0.2, 0) is 0 Å². The van der Waals surface area contributed by atoms with E-state index in [2.05, 4.69) is 27.1 Å². The van der Waals surface area contributed by atoms with Gasteiger partial charge in [0.05, 0.1) is 12.4 Å². The minimum Gasteiger partial charge on any atom is -0.432 e. The second kappa shape index (κ2) is 5.98. The van der Waals surface area contributed by atoms with Crippen LogP contribution in [0.15, 0.2) is 29.1 Å². The van der Waals surface area contributed by atoms with Crippen LogP contribution in [0.5, 0.6) is 0 Å². The summed E-state index contributed by atoms with van der Waals surface area (Å²) >= 11 is 0. The van der Waals surface area contributed by atoms with Gasteiger partial charge in [-0.05, 0) is 44.8 Å². The zero-order valence-corrected chi connectivity index (χ0v) is 13.4. The summed E-state index contributed by atoms with van der Waals surface area (Å²) in [5.74, 6) is 0.0510. The fourth-order valence-electron chi connectivity index (χ4n) is 3.82.